The molecule has 0 fully saturated rings. The van der Waals surface area contributed by atoms with Crippen molar-refractivity contribution in [2.45, 2.75) is 24.8 Å². The summed E-state index contributed by atoms with van der Waals surface area (Å²) in [5.74, 6) is 0.00129. The molecule has 1 aromatic carbocycles. The van der Waals surface area contributed by atoms with E-state index in [1.165, 1.54) is 11.8 Å². The maximum atomic E-state index is 10.7. The SMILES string of the molecule is CC(C)c1nc(SCC(=O)O)c2cc(N)ccc2n1. The Morgan fingerprint density at radius 3 is 2.79 bits per heavy atom. The molecule has 0 aliphatic carbocycles. The van der Waals surface area contributed by atoms with Crippen LogP contribution in [0.3, 0.4) is 0 Å². The minimum Gasteiger partial charge on any atom is -0.481 e. The molecule has 0 aliphatic heterocycles. The van der Waals surface area contributed by atoms with Gasteiger partial charge in [0.15, 0.2) is 0 Å². The summed E-state index contributed by atoms with van der Waals surface area (Å²) >= 11 is 1.19. The monoisotopic (exact) mass is 277 g/mol. The minimum absolute atomic E-state index is 0.0293. The number of nitrogens with two attached hydrogens (primary N) is 1. The fraction of sp³-hybridized carbons (Fsp3) is 0.308. The molecule has 2 rings (SSSR count). The maximum absolute atomic E-state index is 10.7. The number of carboxylic acid groups (broad SMARTS) is 1. The van der Waals surface area contributed by atoms with Crippen molar-refractivity contribution in [1.82, 2.24) is 9.97 Å². The van der Waals surface area contributed by atoms with Gasteiger partial charge in [0.25, 0.3) is 0 Å². The normalized spacial score (nSPS) is 11.1. The summed E-state index contributed by atoms with van der Waals surface area (Å²) in [4.78, 5) is 19.6. The van der Waals surface area contributed by atoms with Gasteiger partial charge >= 0.3 is 5.97 Å². The molecule has 19 heavy (non-hydrogen) atoms. The van der Waals surface area contributed by atoms with Crippen LogP contribution in [0.2, 0.25) is 0 Å². The molecule has 0 saturated heterocycles. The molecule has 0 unspecified atom stereocenters. The first-order valence-electron chi connectivity index (χ1n) is 5.89. The van der Waals surface area contributed by atoms with Crippen LogP contribution >= 0.6 is 11.8 Å². The van der Waals surface area contributed by atoms with Crippen molar-refractivity contribution >= 4 is 34.3 Å². The molecule has 100 valence electrons. The lowest BCUT2D eigenvalue weighted by molar-refractivity contribution is -0.133. The summed E-state index contributed by atoms with van der Waals surface area (Å²) in [6, 6.07) is 5.40. The quantitative estimate of drug-likeness (QED) is 0.507. The highest BCUT2D eigenvalue weighted by molar-refractivity contribution is 8.00. The van der Waals surface area contributed by atoms with Crippen molar-refractivity contribution in [3.05, 3.63) is 24.0 Å². The van der Waals surface area contributed by atoms with Crippen LogP contribution in [-0.4, -0.2) is 26.8 Å². The standard InChI is InChI=1S/C13H15N3O2S/c1-7(2)12-15-10-4-3-8(14)5-9(10)13(16-12)19-6-11(17)18/h3-5,7H,6,14H2,1-2H3,(H,17,18). The highest BCUT2D eigenvalue weighted by Crippen LogP contribution is 2.28. The molecule has 0 amide bonds. The van der Waals surface area contributed by atoms with E-state index in [0.717, 1.165) is 10.9 Å². The van der Waals surface area contributed by atoms with Gasteiger partial charge in [-0.15, -0.1) is 0 Å². The highest BCUT2D eigenvalue weighted by atomic mass is 32.2. The molecule has 0 saturated carbocycles. The molecule has 5 nitrogen and oxygen atoms in total. The highest BCUT2D eigenvalue weighted by Gasteiger charge is 2.12. The van der Waals surface area contributed by atoms with Crippen LogP contribution < -0.4 is 5.73 Å². The molecule has 0 bridgehead atoms. The summed E-state index contributed by atoms with van der Waals surface area (Å²) in [6.45, 7) is 4.01. The molecule has 2 aromatic rings. The third-order valence-electron chi connectivity index (χ3n) is 2.55. The number of rotatable bonds is 4. The number of fused-ring (bicyclic) bond motifs is 1. The van der Waals surface area contributed by atoms with Gasteiger partial charge in [-0.3, -0.25) is 4.79 Å². The topological polar surface area (TPSA) is 89.1 Å². The lowest BCUT2D eigenvalue weighted by Crippen LogP contribution is -2.03. The lowest BCUT2D eigenvalue weighted by atomic mass is 10.2. The Labute approximate surface area is 115 Å². The molecule has 6 heteroatoms. The van der Waals surface area contributed by atoms with Crippen LogP contribution in [0.15, 0.2) is 23.2 Å². The summed E-state index contributed by atoms with van der Waals surface area (Å²) in [5.41, 5.74) is 7.17. The number of carbonyl (C=O) groups is 1. The molecule has 0 radical (unpaired) electrons. The first-order chi connectivity index (χ1) is 8.97. The zero-order valence-electron chi connectivity index (χ0n) is 10.8. The zero-order valence-corrected chi connectivity index (χ0v) is 11.6. The van der Waals surface area contributed by atoms with Gasteiger partial charge in [-0.25, -0.2) is 9.97 Å². The summed E-state index contributed by atoms with van der Waals surface area (Å²) < 4.78 is 0. The third-order valence-corrected chi connectivity index (χ3v) is 3.53. The smallest absolute Gasteiger partial charge is 0.313 e. The number of aliphatic carboxylic acids is 1. The Bertz CT molecular complexity index is 629. The predicted molar refractivity (Wildman–Crippen MR) is 76.4 cm³/mol. The summed E-state index contributed by atoms with van der Waals surface area (Å²) in [5, 5.41) is 10.3. The second kappa shape index (κ2) is 5.44. The van der Waals surface area contributed by atoms with Crippen molar-refractivity contribution in [2.75, 3.05) is 11.5 Å². The van der Waals surface area contributed by atoms with Gasteiger partial charge in [0.1, 0.15) is 10.9 Å². The van der Waals surface area contributed by atoms with Crippen molar-refractivity contribution in [3.63, 3.8) is 0 Å². The van der Waals surface area contributed by atoms with Gasteiger partial charge in [0.05, 0.1) is 11.3 Å². The van der Waals surface area contributed by atoms with E-state index in [-0.39, 0.29) is 11.7 Å². The number of carboxylic acids is 1. The third kappa shape index (κ3) is 3.14. The van der Waals surface area contributed by atoms with Gasteiger partial charge in [-0.2, -0.15) is 0 Å². The maximum Gasteiger partial charge on any atom is 0.313 e. The number of nitrogens with zero attached hydrogens (tertiary/aromatic N) is 2. The van der Waals surface area contributed by atoms with Gasteiger partial charge in [0, 0.05) is 17.0 Å². The van der Waals surface area contributed by atoms with E-state index in [0.29, 0.717) is 16.5 Å². The van der Waals surface area contributed by atoms with E-state index in [1.54, 1.807) is 12.1 Å². The van der Waals surface area contributed by atoms with Crippen LogP contribution in [0.1, 0.15) is 25.6 Å². The van der Waals surface area contributed by atoms with E-state index < -0.39 is 5.97 Å². The number of hydrogen-bond acceptors (Lipinski definition) is 5. The molecular weight excluding hydrogens is 262 g/mol. The number of aromatic nitrogens is 2. The van der Waals surface area contributed by atoms with E-state index in [2.05, 4.69) is 9.97 Å². The molecule has 0 spiro atoms. The van der Waals surface area contributed by atoms with Crippen molar-refractivity contribution in [1.29, 1.82) is 0 Å². The second-order valence-corrected chi connectivity index (χ2v) is 5.46. The van der Waals surface area contributed by atoms with Crippen molar-refractivity contribution in [2.24, 2.45) is 0 Å². The molecule has 0 atom stereocenters. The lowest BCUT2D eigenvalue weighted by Gasteiger charge is -2.10. The van der Waals surface area contributed by atoms with Crippen molar-refractivity contribution in [3.8, 4) is 0 Å². The van der Waals surface area contributed by atoms with Gasteiger partial charge in [-0.1, -0.05) is 25.6 Å². The van der Waals surface area contributed by atoms with E-state index in [4.69, 9.17) is 10.8 Å². The number of thioether (sulfide) groups is 1. The fourth-order valence-electron chi connectivity index (χ4n) is 1.63. The fourth-order valence-corrected chi connectivity index (χ4v) is 2.37. The Morgan fingerprint density at radius 1 is 1.42 bits per heavy atom. The number of nitrogen functional groups attached to an aromatic ring is 1. The average Bonchev–Trinajstić information content (AvgIpc) is 2.35. The van der Waals surface area contributed by atoms with Crippen LogP contribution in [0.5, 0.6) is 0 Å². The summed E-state index contributed by atoms with van der Waals surface area (Å²) in [6.07, 6.45) is 0. The Kier molecular flexibility index (Phi) is 3.90. The number of hydrogen-bond donors (Lipinski definition) is 2. The van der Waals surface area contributed by atoms with Crippen molar-refractivity contribution < 1.29 is 9.90 Å². The first kappa shape index (κ1) is 13.6. The molecular formula is C13H15N3O2S. The zero-order chi connectivity index (χ0) is 14.0. The molecule has 1 aromatic heterocycles. The Balaban J connectivity index is 2.55. The van der Waals surface area contributed by atoms with E-state index in [1.807, 2.05) is 19.9 Å². The number of anilines is 1. The average molecular weight is 277 g/mol. The van der Waals surface area contributed by atoms with E-state index >= 15 is 0 Å². The van der Waals surface area contributed by atoms with Gasteiger partial charge < -0.3 is 10.8 Å². The van der Waals surface area contributed by atoms with Gasteiger partial charge in [0.2, 0.25) is 0 Å². The number of benzene rings is 1. The molecule has 3 N–H and O–H groups in total. The largest absolute Gasteiger partial charge is 0.481 e. The van der Waals surface area contributed by atoms with Crippen LogP contribution in [0.4, 0.5) is 5.69 Å². The Morgan fingerprint density at radius 2 is 2.16 bits per heavy atom. The Hall–Kier alpha value is -1.82. The predicted octanol–water partition coefficient (Wildman–Crippen LogP) is 2.51. The molecule has 0 aliphatic rings. The summed E-state index contributed by atoms with van der Waals surface area (Å²) in [7, 11) is 0. The van der Waals surface area contributed by atoms with Crippen LogP contribution in [0.25, 0.3) is 10.9 Å². The first-order valence-corrected chi connectivity index (χ1v) is 6.87. The van der Waals surface area contributed by atoms with Gasteiger partial charge in [-0.05, 0) is 18.2 Å². The van der Waals surface area contributed by atoms with Crippen LogP contribution in [-0.2, 0) is 4.79 Å². The minimum atomic E-state index is -0.869. The second-order valence-electron chi connectivity index (χ2n) is 4.50. The molecule has 1 heterocycles. The van der Waals surface area contributed by atoms with Crippen LogP contribution in [0, 0.1) is 0 Å². The van der Waals surface area contributed by atoms with E-state index in [9.17, 15) is 4.79 Å².